The zero-order chi connectivity index (χ0) is 11.0. The summed E-state index contributed by atoms with van der Waals surface area (Å²) in [6, 6.07) is -0.778. The van der Waals surface area contributed by atoms with E-state index in [1.54, 1.807) is 0 Å². The Morgan fingerprint density at radius 3 is 3.00 bits per heavy atom. The lowest BCUT2D eigenvalue weighted by Crippen LogP contribution is -2.61. The summed E-state index contributed by atoms with van der Waals surface area (Å²) in [5, 5.41) is 7.69. The van der Waals surface area contributed by atoms with Crippen LogP contribution < -0.4 is 0 Å². The molecule has 0 aromatic rings. The third kappa shape index (κ3) is 1.45. The average Bonchev–Trinajstić information content (AvgIpc) is 2.24. The monoisotopic (exact) mass is 226 g/mol. The quantitative estimate of drug-likeness (QED) is 0.392. The smallest absolute Gasteiger partial charge is 0.320 e. The van der Waals surface area contributed by atoms with Crippen molar-refractivity contribution in [3.63, 3.8) is 0 Å². The van der Waals surface area contributed by atoms with E-state index in [-0.39, 0.29) is 11.3 Å². The number of carbonyl (C=O) groups is 2. The highest BCUT2D eigenvalue weighted by Gasteiger charge is 2.50. The lowest BCUT2D eigenvalue weighted by molar-refractivity contribution is -0.141. The van der Waals surface area contributed by atoms with Crippen LogP contribution in [-0.4, -0.2) is 44.6 Å². The number of β-lactam (4-membered cyclic amide) rings is 1. The Labute approximate surface area is 88.6 Å². The van der Waals surface area contributed by atoms with E-state index in [1.165, 1.54) is 23.3 Å². The first-order valence-electron chi connectivity index (χ1n) is 4.11. The van der Waals surface area contributed by atoms with Gasteiger partial charge in [0.25, 0.3) is 5.91 Å². The van der Waals surface area contributed by atoms with E-state index in [0.29, 0.717) is 0 Å². The maximum Gasteiger partial charge on any atom is 0.320 e. The molecule has 1 fully saturated rings. The van der Waals surface area contributed by atoms with Crippen LogP contribution in [0.4, 0.5) is 0 Å². The average molecular weight is 226 g/mol. The van der Waals surface area contributed by atoms with Gasteiger partial charge in [0.05, 0.1) is 0 Å². The molecule has 1 saturated heterocycles. The predicted molar refractivity (Wildman–Crippen MR) is 50.7 cm³/mol. The Morgan fingerprint density at radius 1 is 1.67 bits per heavy atom. The number of hydrogen-bond donors (Lipinski definition) is 1. The predicted octanol–water partition coefficient (Wildman–Crippen LogP) is -0.427. The Bertz CT molecular complexity index is 401. The summed E-state index contributed by atoms with van der Waals surface area (Å²) < 4.78 is 0. The van der Waals surface area contributed by atoms with Crippen LogP contribution in [0.2, 0.25) is 0 Å². The Hall–Kier alpha value is -1.59. The largest absolute Gasteiger partial charge is 0.480 e. The van der Waals surface area contributed by atoms with Gasteiger partial charge in [-0.25, -0.2) is 4.79 Å². The third-order valence-corrected chi connectivity index (χ3v) is 3.61. The zero-order valence-corrected chi connectivity index (χ0v) is 8.18. The molecule has 0 radical (unpaired) electrons. The molecule has 0 aliphatic carbocycles. The second-order valence-electron chi connectivity index (χ2n) is 3.04. The number of thioether (sulfide) groups is 1. The molecule has 0 aromatic carbocycles. The minimum atomic E-state index is -0.968. The summed E-state index contributed by atoms with van der Waals surface area (Å²) >= 11 is 1.09. The first kappa shape index (κ1) is 9.95. The summed E-state index contributed by atoms with van der Waals surface area (Å²) in [4.78, 5) is 36.7. The van der Waals surface area contributed by atoms with Crippen molar-refractivity contribution in [3.05, 3.63) is 12.3 Å². The fraction of sp³-hybridized carbons (Fsp3) is 0.375. The van der Waals surface area contributed by atoms with Gasteiger partial charge in [0.1, 0.15) is 10.6 Å². The second-order valence-corrected chi connectivity index (χ2v) is 4.30. The van der Waals surface area contributed by atoms with E-state index in [2.05, 4.69) is 4.99 Å². The van der Waals surface area contributed by atoms with Crippen molar-refractivity contribution >= 4 is 29.7 Å². The van der Waals surface area contributed by atoms with Crippen molar-refractivity contribution in [2.75, 3.05) is 0 Å². The van der Waals surface area contributed by atoms with Gasteiger partial charge in [-0.15, -0.1) is 11.8 Å². The maximum atomic E-state index is 11.3. The van der Waals surface area contributed by atoms with Gasteiger partial charge in [-0.3, -0.25) is 9.59 Å². The summed E-state index contributed by atoms with van der Waals surface area (Å²) in [5.74, 6) is -1.26. The number of carboxylic acids is 1. The molecule has 2 rings (SSSR count). The van der Waals surface area contributed by atoms with Crippen LogP contribution in [0, 0.1) is 0 Å². The van der Waals surface area contributed by atoms with Crippen molar-refractivity contribution in [1.29, 1.82) is 0 Å². The van der Waals surface area contributed by atoms with Crippen molar-refractivity contribution in [2.24, 2.45) is 4.99 Å². The topological polar surface area (TPSA) is 87.0 Å². The van der Waals surface area contributed by atoms with Gasteiger partial charge in [-0.1, -0.05) is 0 Å². The van der Waals surface area contributed by atoms with E-state index >= 15 is 0 Å². The molecule has 78 valence electrons. The highest BCUT2D eigenvalue weighted by Crippen LogP contribution is 2.38. The van der Waals surface area contributed by atoms with Gasteiger partial charge in [0.2, 0.25) is 6.08 Å². The number of amides is 1. The number of isocyanates is 1. The number of aliphatic carboxylic acids is 1. The van der Waals surface area contributed by atoms with Gasteiger partial charge >= 0.3 is 5.97 Å². The molecule has 0 spiro atoms. The van der Waals surface area contributed by atoms with Gasteiger partial charge in [-0.05, 0) is 6.08 Å². The van der Waals surface area contributed by atoms with Gasteiger partial charge in [-0.2, -0.15) is 4.99 Å². The van der Waals surface area contributed by atoms with Gasteiger partial charge in [0, 0.05) is 6.20 Å². The Balaban J connectivity index is 2.17. The maximum absolute atomic E-state index is 11.3. The summed E-state index contributed by atoms with van der Waals surface area (Å²) in [7, 11) is 0. The van der Waals surface area contributed by atoms with E-state index in [1.807, 2.05) is 0 Å². The lowest BCUT2D eigenvalue weighted by Gasteiger charge is -2.44. The van der Waals surface area contributed by atoms with E-state index in [4.69, 9.17) is 5.11 Å². The minimum absolute atomic E-state index is 0.295. The Kier molecular flexibility index (Phi) is 2.34. The molecule has 2 aliphatic rings. The summed E-state index contributed by atoms with van der Waals surface area (Å²) in [5.41, 5.74) is 0. The molecule has 2 aliphatic heterocycles. The van der Waals surface area contributed by atoms with Crippen molar-refractivity contribution in [2.45, 2.75) is 16.7 Å². The molecule has 7 heteroatoms. The number of hydrogen-bond acceptors (Lipinski definition) is 5. The fourth-order valence-electron chi connectivity index (χ4n) is 1.45. The summed E-state index contributed by atoms with van der Waals surface area (Å²) in [6.07, 6.45) is 4.18. The molecule has 0 aromatic heterocycles. The highest BCUT2D eigenvalue weighted by atomic mass is 32.2. The van der Waals surface area contributed by atoms with E-state index < -0.39 is 17.3 Å². The van der Waals surface area contributed by atoms with Crippen molar-refractivity contribution in [1.82, 2.24) is 4.90 Å². The molecule has 0 bridgehead atoms. The normalized spacial score (nSPS) is 32.7. The molecule has 2 unspecified atom stereocenters. The number of rotatable bonds is 2. The van der Waals surface area contributed by atoms with E-state index in [0.717, 1.165) is 11.8 Å². The Morgan fingerprint density at radius 2 is 2.40 bits per heavy atom. The first-order valence-corrected chi connectivity index (χ1v) is 5.05. The molecule has 15 heavy (non-hydrogen) atoms. The molecule has 2 heterocycles. The van der Waals surface area contributed by atoms with Crippen LogP contribution in [-0.2, 0) is 14.4 Å². The van der Waals surface area contributed by atoms with E-state index in [9.17, 15) is 14.4 Å². The molecule has 1 N–H and O–H groups in total. The highest BCUT2D eigenvalue weighted by molar-refractivity contribution is 8.01. The molecular weight excluding hydrogens is 220 g/mol. The fourth-order valence-corrected chi connectivity index (χ4v) is 2.66. The van der Waals surface area contributed by atoms with Crippen molar-refractivity contribution in [3.8, 4) is 0 Å². The van der Waals surface area contributed by atoms with Gasteiger partial charge < -0.3 is 10.0 Å². The molecule has 6 nitrogen and oxygen atoms in total. The SMILES string of the molecule is O=C=NC1C(=O)N2C=CC(C(=O)O)S[C@H]12. The number of fused-ring (bicyclic) bond motifs is 1. The third-order valence-electron chi connectivity index (χ3n) is 2.19. The van der Waals surface area contributed by atoms with Crippen LogP contribution in [0.25, 0.3) is 0 Å². The first-order chi connectivity index (χ1) is 7.15. The van der Waals surface area contributed by atoms with Crippen LogP contribution in [0.1, 0.15) is 0 Å². The standard InChI is InChI=1S/C8H6N2O4S/c11-3-9-5-6(12)10-2-1-4(8(13)14)15-7(5)10/h1-2,4-5,7H,(H,13,14)/t4?,5?,7-/m1/s1. The van der Waals surface area contributed by atoms with Crippen LogP contribution in [0.3, 0.4) is 0 Å². The zero-order valence-electron chi connectivity index (χ0n) is 7.36. The number of nitrogens with zero attached hydrogens (tertiary/aromatic N) is 2. The minimum Gasteiger partial charge on any atom is -0.480 e. The summed E-state index contributed by atoms with van der Waals surface area (Å²) in [6.45, 7) is 0. The van der Waals surface area contributed by atoms with Crippen LogP contribution >= 0.6 is 11.8 Å². The number of carboxylic acid groups (broad SMARTS) is 1. The molecular formula is C8H6N2O4S. The molecule has 1 amide bonds. The lowest BCUT2D eigenvalue weighted by atomic mass is 10.1. The number of aliphatic imine (C=N–C) groups is 1. The van der Waals surface area contributed by atoms with Crippen LogP contribution in [0.15, 0.2) is 17.3 Å². The molecule has 3 atom stereocenters. The molecule has 0 saturated carbocycles. The number of carbonyl (C=O) groups excluding carboxylic acids is 2. The van der Waals surface area contributed by atoms with Gasteiger partial charge in [0.15, 0.2) is 6.04 Å². The van der Waals surface area contributed by atoms with Crippen molar-refractivity contribution < 1.29 is 19.5 Å². The second kappa shape index (κ2) is 3.52. The van der Waals surface area contributed by atoms with Crippen LogP contribution in [0.5, 0.6) is 0 Å².